The van der Waals surface area contributed by atoms with Crippen molar-refractivity contribution >= 4 is 16.9 Å². The molecule has 0 saturated heterocycles. The topological polar surface area (TPSA) is 59.3 Å². The van der Waals surface area contributed by atoms with Gasteiger partial charge >= 0.3 is 0 Å². The second-order valence-corrected chi connectivity index (χ2v) is 7.28. The lowest BCUT2D eigenvalue weighted by Crippen LogP contribution is -2.23. The van der Waals surface area contributed by atoms with Crippen LogP contribution < -0.4 is 10.7 Å². The molecule has 1 aromatic heterocycles. The van der Waals surface area contributed by atoms with Gasteiger partial charge in [-0.3, -0.25) is 9.59 Å². The molecule has 1 heterocycles. The van der Waals surface area contributed by atoms with Gasteiger partial charge in [-0.05, 0) is 49.2 Å². The maximum absolute atomic E-state index is 13.7. The Kier molecular flexibility index (Phi) is 5.19. The summed E-state index contributed by atoms with van der Waals surface area (Å²) in [4.78, 5) is 24.9. The van der Waals surface area contributed by atoms with E-state index in [9.17, 15) is 14.0 Å². The Morgan fingerprint density at radius 2 is 1.73 bits per heavy atom. The van der Waals surface area contributed by atoms with Crippen LogP contribution in [-0.4, -0.2) is 5.91 Å². The van der Waals surface area contributed by atoms with Gasteiger partial charge in [-0.15, -0.1) is 0 Å². The van der Waals surface area contributed by atoms with Gasteiger partial charge in [-0.25, -0.2) is 4.39 Å². The van der Waals surface area contributed by atoms with E-state index in [1.165, 1.54) is 12.1 Å². The summed E-state index contributed by atoms with van der Waals surface area (Å²) in [6.07, 6.45) is 0. The molecule has 30 heavy (non-hydrogen) atoms. The molecule has 0 radical (unpaired) electrons. The second-order valence-electron chi connectivity index (χ2n) is 7.28. The zero-order valence-corrected chi connectivity index (χ0v) is 16.7. The van der Waals surface area contributed by atoms with Gasteiger partial charge in [0.25, 0.3) is 5.91 Å². The minimum atomic E-state index is -0.357. The van der Waals surface area contributed by atoms with E-state index in [4.69, 9.17) is 4.42 Å². The van der Waals surface area contributed by atoms with E-state index in [1.807, 2.05) is 26.0 Å². The fraction of sp³-hybridized carbons (Fsp3) is 0.120. The maximum atomic E-state index is 13.7. The lowest BCUT2D eigenvalue weighted by Gasteiger charge is -2.08. The van der Waals surface area contributed by atoms with Crippen LogP contribution in [0.4, 0.5) is 4.39 Å². The predicted molar refractivity (Wildman–Crippen MR) is 115 cm³/mol. The Labute approximate surface area is 173 Å². The lowest BCUT2D eigenvalue weighted by molar-refractivity contribution is 0.0950. The number of fused-ring (bicyclic) bond motifs is 1. The highest BCUT2D eigenvalue weighted by molar-refractivity contribution is 5.94. The van der Waals surface area contributed by atoms with Crippen molar-refractivity contribution in [1.82, 2.24) is 5.32 Å². The standard InChI is InChI=1S/C25H20FNO3/c1-15-11-16(2)24-20(12-15)22(28)13-23(30-24)17-7-9-18(10-8-17)25(29)27-14-19-5-3-4-6-21(19)26/h3-13H,14H2,1-2H3,(H,27,29). The van der Waals surface area contributed by atoms with E-state index >= 15 is 0 Å². The van der Waals surface area contributed by atoms with Gasteiger partial charge < -0.3 is 9.73 Å². The quantitative estimate of drug-likeness (QED) is 0.515. The van der Waals surface area contributed by atoms with E-state index in [0.29, 0.717) is 33.4 Å². The van der Waals surface area contributed by atoms with Crippen LogP contribution in [0.1, 0.15) is 27.0 Å². The summed E-state index contributed by atoms with van der Waals surface area (Å²) >= 11 is 0. The molecule has 0 aliphatic rings. The van der Waals surface area contributed by atoms with Crippen LogP contribution in [0.3, 0.4) is 0 Å². The fourth-order valence-electron chi connectivity index (χ4n) is 3.46. The largest absolute Gasteiger partial charge is 0.456 e. The van der Waals surface area contributed by atoms with Gasteiger partial charge in [-0.1, -0.05) is 36.4 Å². The third-order valence-corrected chi connectivity index (χ3v) is 4.99. The summed E-state index contributed by atoms with van der Waals surface area (Å²) in [5.74, 6) is -0.223. The van der Waals surface area contributed by atoms with E-state index in [2.05, 4.69) is 5.32 Å². The minimum absolute atomic E-state index is 0.103. The number of hydrogen-bond donors (Lipinski definition) is 1. The SMILES string of the molecule is Cc1cc(C)c2oc(-c3ccc(C(=O)NCc4ccccc4F)cc3)cc(=O)c2c1. The summed E-state index contributed by atoms with van der Waals surface area (Å²) < 4.78 is 19.7. The molecule has 4 nitrogen and oxygen atoms in total. The van der Waals surface area contributed by atoms with Gasteiger partial charge in [0.15, 0.2) is 5.43 Å². The van der Waals surface area contributed by atoms with Crippen LogP contribution in [0.15, 0.2) is 75.9 Å². The van der Waals surface area contributed by atoms with Crippen molar-refractivity contribution in [3.8, 4) is 11.3 Å². The summed E-state index contributed by atoms with van der Waals surface area (Å²) in [7, 11) is 0. The van der Waals surface area contributed by atoms with Gasteiger partial charge in [0.05, 0.1) is 5.39 Å². The first-order valence-corrected chi connectivity index (χ1v) is 9.59. The Morgan fingerprint density at radius 3 is 2.47 bits per heavy atom. The number of benzene rings is 3. The van der Waals surface area contributed by atoms with Crippen molar-refractivity contribution in [3.05, 3.63) is 105 Å². The van der Waals surface area contributed by atoms with Crippen molar-refractivity contribution in [2.75, 3.05) is 0 Å². The maximum Gasteiger partial charge on any atom is 0.251 e. The number of aryl methyl sites for hydroxylation is 2. The smallest absolute Gasteiger partial charge is 0.251 e. The third kappa shape index (κ3) is 3.87. The van der Waals surface area contributed by atoms with Gasteiger partial charge in [0.2, 0.25) is 0 Å². The molecule has 1 N–H and O–H groups in total. The van der Waals surface area contributed by atoms with Crippen LogP contribution in [-0.2, 0) is 6.54 Å². The van der Waals surface area contributed by atoms with Crippen molar-refractivity contribution < 1.29 is 13.6 Å². The molecular formula is C25H20FNO3. The van der Waals surface area contributed by atoms with E-state index < -0.39 is 0 Å². The van der Waals surface area contributed by atoms with Crippen molar-refractivity contribution in [3.63, 3.8) is 0 Å². The zero-order valence-electron chi connectivity index (χ0n) is 16.7. The highest BCUT2D eigenvalue weighted by atomic mass is 19.1. The number of hydrogen-bond acceptors (Lipinski definition) is 3. The molecule has 1 amide bonds. The van der Waals surface area contributed by atoms with E-state index in [1.54, 1.807) is 42.5 Å². The fourth-order valence-corrected chi connectivity index (χ4v) is 3.46. The van der Waals surface area contributed by atoms with Gasteiger partial charge in [0, 0.05) is 29.3 Å². The van der Waals surface area contributed by atoms with Crippen molar-refractivity contribution in [1.29, 1.82) is 0 Å². The molecule has 0 saturated carbocycles. The average molecular weight is 401 g/mol. The molecule has 0 aliphatic carbocycles. The summed E-state index contributed by atoms with van der Waals surface area (Å²) in [6, 6.07) is 18.3. The van der Waals surface area contributed by atoms with Gasteiger partial charge in [0.1, 0.15) is 17.2 Å². The summed E-state index contributed by atoms with van der Waals surface area (Å²) in [6.45, 7) is 3.95. The molecule has 0 aliphatic heterocycles. The molecule has 4 rings (SSSR count). The highest BCUT2D eigenvalue weighted by Gasteiger charge is 2.11. The number of amides is 1. The van der Waals surface area contributed by atoms with E-state index in [0.717, 1.165) is 11.1 Å². The number of carbonyl (C=O) groups excluding carboxylic acids is 1. The molecule has 0 bridgehead atoms. The number of halogens is 1. The van der Waals surface area contributed by atoms with Crippen LogP contribution in [0, 0.1) is 19.7 Å². The number of nitrogens with one attached hydrogen (secondary N) is 1. The molecular weight excluding hydrogens is 381 g/mol. The first-order valence-electron chi connectivity index (χ1n) is 9.59. The highest BCUT2D eigenvalue weighted by Crippen LogP contribution is 2.25. The molecule has 0 fully saturated rings. The van der Waals surface area contributed by atoms with Crippen molar-refractivity contribution in [2.45, 2.75) is 20.4 Å². The zero-order chi connectivity index (χ0) is 21.3. The number of carbonyl (C=O) groups is 1. The lowest BCUT2D eigenvalue weighted by atomic mass is 10.1. The van der Waals surface area contributed by atoms with Crippen molar-refractivity contribution in [2.24, 2.45) is 0 Å². The molecule has 0 spiro atoms. The Hall–Kier alpha value is -3.73. The number of rotatable bonds is 4. The Bertz CT molecular complexity index is 1310. The third-order valence-electron chi connectivity index (χ3n) is 4.99. The van der Waals surface area contributed by atoms with Crippen LogP contribution >= 0.6 is 0 Å². The molecule has 150 valence electrons. The minimum Gasteiger partial charge on any atom is -0.456 e. The summed E-state index contributed by atoms with van der Waals surface area (Å²) in [5.41, 5.74) is 3.91. The molecule has 3 aromatic carbocycles. The predicted octanol–water partition coefficient (Wildman–Crippen LogP) is 5.15. The van der Waals surface area contributed by atoms with Crippen LogP contribution in [0.5, 0.6) is 0 Å². The molecule has 0 unspecified atom stereocenters. The molecule has 5 heteroatoms. The molecule has 0 atom stereocenters. The Morgan fingerprint density at radius 1 is 1.00 bits per heavy atom. The van der Waals surface area contributed by atoms with Crippen LogP contribution in [0.25, 0.3) is 22.3 Å². The average Bonchev–Trinajstić information content (AvgIpc) is 2.73. The van der Waals surface area contributed by atoms with Crippen LogP contribution in [0.2, 0.25) is 0 Å². The normalized spacial score (nSPS) is 10.9. The first kappa shape index (κ1) is 19.6. The van der Waals surface area contributed by atoms with E-state index in [-0.39, 0.29) is 23.7 Å². The summed E-state index contributed by atoms with van der Waals surface area (Å²) in [5, 5.41) is 3.26. The second kappa shape index (κ2) is 7.95. The first-order chi connectivity index (χ1) is 14.4. The Balaban J connectivity index is 1.57. The molecule has 4 aromatic rings. The monoisotopic (exact) mass is 401 g/mol. The van der Waals surface area contributed by atoms with Gasteiger partial charge in [-0.2, -0.15) is 0 Å².